The molecule has 0 aliphatic heterocycles. The van der Waals surface area contributed by atoms with Crippen LogP contribution in [0.2, 0.25) is 0 Å². The number of hydrogen-bond donors (Lipinski definition) is 0. The average Bonchev–Trinajstić information content (AvgIpc) is 2.73. The van der Waals surface area contributed by atoms with E-state index in [1.807, 2.05) is 0 Å². The molecule has 0 aromatic rings. The van der Waals surface area contributed by atoms with Gasteiger partial charge in [-0.05, 0) is 86.9 Å². The lowest BCUT2D eigenvalue weighted by Gasteiger charge is -2.61. The molecule has 168 valence electrons. The number of carbonyl (C=O) groups excluding carboxylic acids is 1. The van der Waals surface area contributed by atoms with Gasteiger partial charge in [0, 0.05) is 10.8 Å². The van der Waals surface area contributed by atoms with Crippen LogP contribution in [0, 0.1) is 46.3 Å². The Hall–Kier alpha value is -0.330. The number of ketones is 1. The minimum absolute atomic E-state index is 0.128. The zero-order valence-electron chi connectivity index (χ0n) is 19.5. The van der Waals surface area contributed by atoms with E-state index in [4.69, 9.17) is 0 Å². The second-order valence-corrected chi connectivity index (χ2v) is 12.8. The number of rotatable bonds is 4. The summed E-state index contributed by atoms with van der Waals surface area (Å²) >= 11 is 0. The zero-order chi connectivity index (χ0) is 20.2. The smallest absolute Gasteiger partial charge is 0.145 e. The molecule has 6 rings (SSSR count). The maximum Gasteiger partial charge on any atom is 0.145 e. The summed E-state index contributed by atoms with van der Waals surface area (Å²) in [5, 5.41) is 0. The molecular formula is C29H46O. The van der Waals surface area contributed by atoms with Crippen LogP contribution in [0.4, 0.5) is 0 Å². The molecule has 6 saturated carbocycles. The molecule has 6 aliphatic rings. The Bertz CT molecular complexity index is 583. The largest absolute Gasteiger partial charge is 0.298 e. The Morgan fingerprint density at radius 2 is 0.867 bits per heavy atom. The third kappa shape index (κ3) is 2.95. The van der Waals surface area contributed by atoms with Gasteiger partial charge in [-0.2, -0.15) is 0 Å². The van der Waals surface area contributed by atoms with Gasteiger partial charge in [0.25, 0.3) is 0 Å². The maximum absolute atomic E-state index is 14.8. The van der Waals surface area contributed by atoms with Crippen LogP contribution in [-0.2, 0) is 4.79 Å². The third-order valence-corrected chi connectivity index (χ3v) is 12.0. The van der Waals surface area contributed by atoms with E-state index in [-0.39, 0.29) is 10.8 Å². The number of fused-ring (bicyclic) bond motifs is 2. The molecule has 6 unspecified atom stereocenters. The highest BCUT2D eigenvalue weighted by Gasteiger charge is 2.63. The SMILES string of the molecule is O=C(C1(C2CCCC3CCCCC32)CCC1)C1(C2CCCC3CCCCC32)CCC1. The van der Waals surface area contributed by atoms with Crippen molar-refractivity contribution in [3.8, 4) is 0 Å². The van der Waals surface area contributed by atoms with Gasteiger partial charge in [-0.25, -0.2) is 0 Å². The summed E-state index contributed by atoms with van der Waals surface area (Å²) in [6.07, 6.45) is 28.0. The van der Waals surface area contributed by atoms with Gasteiger partial charge >= 0.3 is 0 Å². The van der Waals surface area contributed by atoms with E-state index < -0.39 is 0 Å². The molecule has 0 radical (unpaired) electrons. The van der Waals surface area contributed by atoms with Crippen LogP contribution in [0.15, 0.2) is 0 Å². The third-order valence-electron chi connectivity index (χ3n) is 12.0. The van der Waals surface area contributed by atoms with Crippen LogP contribution >= 0.6 is 0 Å². The van der Waals surface area contributed by atoms with Gasteiger partial charge in [0.15, 0.2) is 0 Å². The normalized spacial score (nSPS) is 44.7. The Morgan fingerprint density at radius 3 is 1.27 bits per heavy atom. The van der Waals surface area contributed by atoms with Crippen molar-refractivity contribution >= 4 is 5.78 Å². The summed E-state index contributed by atoms with van der Waals surface area (Å²) in [5.41, 5.74) is 0.255. The summed E-state index contributed by atoms with van der Waals surface area (Å²) in [6, 6.07) is 0. The van der Waals surface area contributed by atoms with Gasteiger partial charge in [-0.3, -0.25) is 4.79 Å². The molecule has 1 nitrogen and oxygen atoms in total. The quantitative estimate of drug-likeness (QED) is 0.457. The van der Waals surface area contributed by atoms with Crippen LogP contribution in [0.5, 0.6) is 0 Å². The molecular weight excluding hydrogens is 364 g/mol. The lowest BCUT2D eigenvalue weighted by atomic mass is 9.41. The van der Waals surface area contributed by atoms with E-state index in [1.54, 1.807) is 0 Å². The Labute approximate surface area is 185 Å². The summed E-state index contributed by atoms with van der Waals surface area (Å²) < 4.78 is 0. The van der Waals surface area contributed by atoms with Crippen molar-refractivity contribution in [3.63, 3.8) is 0 Å². The molecule has 0 N–H and O–H groups in total. The Kier molecular flexibility index (Phi) is 5.35. The first-order valence-corrected chi connectivity index (χ1v) is 14.3. The fourth-order valence-corrected chi connectivity index (χ4v) is 10.4. The molecule has 30 heavy (non-hydrogen) atoms. The van der Waals surface area contributed by atoms with E-state index in [1.165, 1.54) is 128 Å². The summed E-state index contributed by atoms with van der Waals surface area (Å²) in [4.78, 5) is 14.8. The van der Waals surface area contributed by atoms with Crippen LogP contribution in [0.3, 0.4) is 0 Å². The predicted molar refractivity (Wildman–Crippen MR) is 123 cm³/mol. The molecule has 0 saturated heterocycles. The molecule has 0 aromatic carbocycles. The summed E-state index contributed by atoms with van der Waals surface area (Å²) in [7, 11) is 0. The fraction of sp³-hybridized carbons (Fsp3) is 0.966. The van der Waals surface area contributed by atoms with Gasteiger partial charge in [0.2, 0.25) is 0 Å². The van der Waals surface area contributed by atoms with E-state index in [0.29, 0.717) is 0 Å². The first-order chi connectivity index (χ1) is 14.7. The van der Waals surface area contributed by atoms with Crippen molar-refractivity contribution in [1.29, 1.82) is 0 Å². The predicted octanol–water partition coefficient (Wildman–Crippen LogP) is 8.11. The van der Waals surface area contributed by atoms with Crippen LogP contribution in [0.25, 0.3) is 0 Å². The lowest BCUT2D eigenvalue weighted by molar-refractivity contribution is -0.172. The first kappa shape index (κ1) is 20.3. The van der Waals surface area contributed by atoms with Crippen LogP contribution < -0.4 is 0 Å². The maximum atomic E-state index is 14.8. The van der Waals surface area contributed by atoms with Gasteiger partial charge < -0.3 is 0 Å². The molecule has 0 bridgehead atoms. The molecule has 6 atom stereocenters. The van der Waals surface area contributed by atoms with Gasteiger partial charge in [0.05, 0.1) is 0 Å². The lowest BCUT2D eigenvalue weighted by Crippen LogP contribution is -2.60. The molecule has 6 fully saturated rings. The second-order valence-electron chi connectivity index (χ2n) is 12.8. The van der Waals surface area contributed by atoms with E-state index >= 15 is 0 Å². The number of hydrogen-bond acceptors (Lipinski definition) is 1. The molecule has 0 aromatic heterocycles. The topological polar surface area (TPSA) is 17.1 Å². The highest BCUT2D eigenvalue weighted by Crippen LogP contribution is 2.66. The molecule has 0 amide bonds. The Morgan fingerprint density at radius 1 is 0.467 bits per heavy atom. The fourth-order valence-electron chi connectivity index (χ4n) is 10.4. The van der Waals surface area contributed by atoms with E-state index in [9.17, 15) is 4.79 Å². The van der Waals surface area contributed by atoms with Crippen molar-refractivity contribution < 1.29 is 4.79 Å². The van der Waals surface area contributed by atoms with Crippen molar-refractivity contribution in [2.24, 2.45) is 46.3 Å². The highest BCUT2D eigenvalue weighted by molar-refractivity contribution is 5.92. The van der Waals surface area contributed by atoms with Gasteiger partial charge in [-0.15, -0.1) is 0 Å². The van der Waals surface area contributed by atoms with Crippen molar-refractivity contribution in [3.05, 3.63) is 0 Å². The zero-order valence-corrected chi connectivity index (χ0v) is 19.5. The van der Waals surface area contributed by atoms with Crippen LogP contribution in [-0.4, -0.2) is 5.78 Å². The highest BCUT2D eigenvalue weighted by atomic mass is 16.1. The van der Waals surface area contributed by atoms with Crippen molar-refractivity contribution in [1.82, 2.24) is 0 Å². The first-order valence-electron chi connectivity index (χ1n) is 14.3. The van der Waals surface area contributed by atoms with E-state index in [2.05, 4.69) is 0 Å². The monoisotopic (exact) mass is 410 g/mol. The van der Waals surface area contributed by atoms with Crippen molar-refractivity contribution in [2.45, 2.75) is 128 Å². The van der Waals surface area contributed by atoms with E-state index in [0.717, 1.165) is 41.3 Å². The number of Topliss-reactive ketones (excluding diaryl/α,β-unsaturated/α-hetero) is 1. The number of carbonyl (C=O) groups is 1. The van der Waals surface area contributed by atoms with Crippen molar-refractivity contribution in [2.75, 3.05) is 0 Å². The van der Waals surface area contributed by atoms with Gasteiger partial charge in [-0.1, -0.05) is 77.0 Å². The minimum Gasteiger partial charge on any atom is -0.298 e. The molecule has 1 heteroatoms. The molecule has 0 heterocycles. The molecule has 0 spiro atoms. The Balaban J connectivity index is 1.31. The summed E-state index contributed by atoms with van der Waals surface area (Å²) in [6.45, 7) is 0. The summed E-state index contributed by atoms with van der Waals surface area (Å²) in [5.74, 6) is 6.14. The van der Waals surface area contributed by atoms with Gasteiger partial charge in [0.1, 0.15) is 5.78 Å². The molecule has 6 aliphatic carbocycles. The minimum atomic E-state index is 0.128. The second kappa shape index (κ2) is 7.91. The standard InChI is InChI=1S/C29H46O/c30-27(28(17-7-18-28)25-15-5-11-21-9-1-3-13-23(21)25)29(19-8-20-29)26-16-6-12-22-10-2-4-14-24(22)26/h21-26H,1-20H2. The average molecular weight is 411 g/mol. The van der Waals surface area contributed by atoms with Crippen LogP contribution in [0.1, 0.15) is 128 Å².